The molecule has 3 heterocycles. The van der Waals surface area contributed by atoms with Gasteiger partial charge in [0.2, 0.25) is 0 Å². The average Bonchev–Trinajstić information content (AvgIpc) is 3.01. The summed E-state index contributed by atoms with van der Waals surface area (Å²) in [5.41, 5.74) is 6.62. The van der Waals surface area contributed by atoms with Gasteiger partial charge >= 0.3 is 6.18 Å². The maximum absolute atomic E-state index is 13.4. The fourth-order valence-electron chi connectivity index (χ4n) is 4.36. The second kappa shape index (κ2) is 12.4. The van der Waals surface area contributed by atoms with Crippen LogP contribution in [-0.2, 0) is 12.7 Å². The van der Waals surface area contributed by atoms with Gasteiger partial charge in [0.15, 0.2) is 11.5 Å². The lowest BCUT2D eigenvalue weighted by Gasteiger charge is -2.27. The summed E-state index contributed by atoms with van der Waals surface area (Å²) >= 11 is 0. The average molecular weight is 595 g/mol. The zero-order chi connectivity index (χ0) is 30.6. The summed E-state index contributed by atoms with van der Waals surface area (Å²) in [6.07, 6.45) is -2.61. The number of halogens is 4. The van der Waals surface area contributed by atoms with Crippen LogP contribution in [0.25, 0.3) is 11.3 Å². The molecule has 1 fully saturated rings. The molecular formula is C29H26F4N8O2. The third-order valence-electron chi connectivity index (χ3n) is 6.68. The molecule has 14 heteroatoms. The topological polar surface area (TPSA) is 138 Å². The van der Waals surface area contributed by atoms with Crippen LogP contribution in [-0.4, -0.2) is 57.8 Å². The number of rotatable bonds is 7. The number of alkyl halides is 3. The van der Waals surface area contributed by atoms with E-state index in [0.29, 0.717) is 49.7 Å². The van der Waals surface area contributed by atoms with Gasteiger partial charge in [0, 0.05) is 50.2 Å². The number of piperazine rings is 1. The lowest BCUT2D eigenvalue weighted by atomic mass is 10.1. The Morgan fingerprint density at radius 2 is 1.67 bits per heavy atom. The number of benzene rings is 2. The van der Waals surface area contributed by atoms with Gasteiger partial charge in [-0.1, -0.05) is 24.3 Å². The van der Waals surface area contributed by atoms with E-state index in [0.717, 1.165) is 17.7 Å². The molecule has 222 valence electrons. The Labute approximate surface area is 243 Å². The summed E-state index contributed by atoms with van der Waals surface area (Å²) in [5.74, 6) is -1.71. The van der Waals surface area contributed by atoms with E-state index >= 15 is 0 Å². The highest BCUT2D eigenvalue weighted by Gasteiger charge is 2.32. The molecule has 1 aliphatic rings. The highest BCUT2D eigenvalue weighted by Crippen LogP contribution is 2.31. The van der Waals surface area contributed by atoms with E-state index in [1.807, 2.05) is 0 Å². The van der Waals surface area contributed by atoms with Gasteiger partial charge in [0.05, 0.1) is 23.0 Å². The third kappa shape index (κ3) is 7.04. The predicted molar refractivity (Wildman–Crippen MR) is 152 cm³/mol. The maximum atomic E-state index is 13.4. The first-order valence-corrected chi connectivity index (χ1v) is 13.2. The molecule has 5 N–H and O–H groups in total. The number of anilines is 3. The van der Waals surface area contributed by atoms with E-state index in [1.54, 1.807) is 29.2 Å². The van der Waals surface area contributed by atoms with Crippen molar-refractivity contribution in [3.05, 3.63) is 95.2 Å². The van der Waals surface area contributed by atoms with Crippen LogP contribution in [0, 0.1) is 5.82 Å². The van der Waals surface area contributed by atoms with Crippen LogP contribution in [0.3, 0.4) is 0 Å². The molecular weight excluding hydrogens is 568 g/mol. The molecule has 0 saturated carbocycles. The summed E-state index contributed by atoms with van der Waals surface area (Å²) in [4.78, 5) is 40.0. The van der Waals surface area contributed by atoms with Crippen molar-refractivity contribution in [2.45, 2.75) is 12.7 Å². The molecule has 43 heavy (non-hydrogen) atoms. The molecule has 10 nitrogen and oxygen atoms in total. The first kappa shape index (κ1) is 29.4. The van der Waals surface area contributed by atoms with Crippen LogP contribution in [0.1, 0.15) is 32.0 Å². The molecule has 0 aliphatic carbocycles. The molecule has 2 amide bonds. The predicted octanol–water partition coefficient (Wildman–Crippen LogP) is 4.19. The molecule has 4 aromatic rings. The molecule has 0 spiro atoms. The number of pyridine rings is 1. The van der Waals surface area contributed by atoms with Crippen LogP contribution in [0.2, 0.25) is 0 Å². The zero-order valence-corrected chi connectivity index (χ0v) is 22.6. The minimum Gasteiger partial charge on any atom is -0.382 e. The quantitative estimate of drug-likeness (QED) is 0.234. The summed E-state index contributed by atoms with van der Waals surface area (Å²) in [6, 6.07) is 12.5. The zero-order valence-electron chi connectivity index (χ0n) is 22.6. The number of amides is 2. The molecule has 5 rings (SSSR count). The van der Waals surface area contributed by atoms with Gasteiger partial charge in [-0.25, -0.2) is 19.3 Å². The van der Waals surface area contributed by atoms with E-state index in [-0.39, 0.29) is 41.0 Å². The first-order chi connectivity index (χ1) is 20.6. The molecule has 0 bridgehead atoms. The minimum atomic E-state index is -4.72. The van der Waals surface area contributed by atoms with Crippen LogP contribution in [0.15, 0.2) is 67.0 Å². The number of hydrogen-bond acceptors (Lipinski definition) is 8. The lowest BCUT2D eigenvalue weighted by molar-refractivity contribution is -0.137. The monoisotopic (exact) mass is 594 g/mol. The number of carbonyl (C=O) groups is 2. The largest absolute Gasteiger partial charge is 0.417 e. The van der Waals surface area contributed by atoms with Crippen molar-refractivity contribution in [2.75, 3.05) is 42.5 Å². The van der Waals surface area contributed by atoms with E-state index in [2.05, 4.69) is 30.9 Å². The van der Waals surface area contributed by atoms with Crippen LogP contribution >= 0.6 is 0 Å². The van der Waals surface area contributed by atoms with E-state index in [9.17, 15) is 27.2 Å². The van der Waals surface area contributed by atoms with Crippen LogP contribution in [0.5, 0.6) is 0 Å². The highest BCUT2D eigenvalue weighted by atomic mass is 19.4. The summed E-state index contributed by atoms with van der Waals surface area (Å²) < 4.78 is 53.4. The molecule has 0 unspecified atom stereocenters. The van der Waals surface area contributed by atoms with Gasteiger partial charge in [-0.3, -0.25) is 9.59 Å². The fourth-order valence-corrected chi connectivity index (χ4v) is 4.36. The smallest absolute Gasteiger partial charge is 0.382 e. The van der Waals surface area contributed by atoms with Crippen LogP contribution in [0.4, 0.5) is 34.9 Å². The van der Waals surface area contributed by atoms with Gasteiger partial charge in [-0.05, 0) is 35.9 Å². The second-order valence-corrected chi connectivity index (χ2v) is 9.66. The molecule has 0 radical (unpaired) electrons. The Morgan fingerprint density at radius 3 is 2.35 bits per heavy atom. The third-order valence-corrected chi connectivity index (χ3v) is 6.68. The van der Waals surface area contributed by atoms with Gasteiger partial charge in [-0.2, -0.15) is 13.2 Å². The molecule has 2 aromatic heterocycles. The van der Waals surface area contributed by atoms with Gasteiger partial charge in [0.1, 0.15) is 11.6 Å². The lowest BCUT2D eigenvalue weighted by Crippen LogP contribution is -2.46. The Balaban J connectivity index is 1.32. The summed E-state index contributed by atoms with van der Waals surface area (Å²) in [6.45, 7) is 2.55. The van der Waals surface area contributed by atoms with Crippen molar-refractivity contribution in [1.29, 1.82) is 0 Å². The molecule has 2 aromatic carbocycles. The normalized spacial score (nSPS) is 13.4. The highest BCUT2D eigenvalue weighted by molar-refractivity contribution is 6.07. The molecule has 1 aliphatic heterocycles. The second-order valence-electron chi connectivity index (χ2n) is 9.66. The molecule has 1 saturated heterocycles. The van der Waals surface area contributed by atoms with Crippen molar-refractivity contribution in [2.24, 2.45) is 0 Å². The number of nitrogen functional groups attached to an aromatic ring is 1. The number of aromatic nitrogens is 3. The van der Waals surface area contributed by atoms with Crippen molar-refractivity contribution in [3.63, 3.8) is 0 Å². The van der Waals surface area contributed by atoms with Crippen molar-refractivity contribution >= 4 is 29.1 Å². The summed E-state index contributed by atoms with van der Waals surface area (Å²) in [7, 11) is 0. The molecule has 0 atom stereocenters. The van der Waals surface area contributed by atoms with Gasteiger partial charge < -0.3 is 26.6 Å². The van der Waals surface area contributed by atoms with Gasteiger partial charge in [0.25, 0.3) is 11.8 Å². The van der Waals surface area contributed by atoms with Crippen molar-refractivity contribution in [3.8, 4) is 11.3 Å². The minimum absolute atomic E-state index is 0.0383. The van der Waals surface area contributed by atoms with E-state index < -0.39 is 23.5 Å². The standard InChI is InChI=1S/C29H26F4N8O2/c30-20-5-7-21(8-6-20)39-27(42)22-13-19(29(31,32)33)15-38-26(22)37-14-17-1-3-18(4-2-17)23-16-36-25(34)24(40-23)28(43)41-11-9-35-10-12-41/h1-8,13,15-16,35H,9-12,14H2,(H2,34,36)(H,37,38)(H,39,42). The Kier molecular flexibility index (Phi) is 8.48. The van der Waals surface area contributed by atoms with Crippen LogP contribution < -0.4 is 21.7 Å². The number of hydrogen-bond donors (Lipinski definition) is 4. The number of nitrogens with one attached hydrogen (secondary N) is 3. The van der Waals surface area contributed by atoms with Crippen molar-refractivity contribution < 1.29 is 27.2 Å². The SMILES string of the molecule is Nc1ncc(-c2ccc(CNc3ncc(C(F)(F)F)cc3C(=O)Nc3ccc(F)cc3)cc2)nc1C(=O)N1CCNCC1. The first-order valence-electron chi connectivity index (χ1n) is 13.2. The van der Waals surface area contributed by atoms with Crippen molar-refractivity contribution in [1.82, 2.24) is 25.2 Å². The van der Waals surface area contributed by atoms with E-state index in [4.69, 9.17) is 5.73 Å². The summed E-state index contributed by atoms with van der Waals surface area (Å²) in [5, 5.41) is 8.55. The maximum Gasteiger partial charge on any atom is 0.417 e. The Morgan fingerprint density at radius 1 is 0.977 bits per heavy atom. The number of nitrogens with zero attached hydrogens (tertiary/aromatic N) is 4. The fraction of sp³-hybridized carbons (Fsp3) is 0.207. The Bertz CT molecular complexity index is 1620. The Hall–Kier alpha value is -5.11. The van der Waals surface area contributed by atoms with E-state index in [1.165, 1.54) is 18.3 Å². The number of carbonyl (C=O) groups excluding carboxylic acids is 2. The van der Waals surface area contributed by atoms with Gasteiger partial charge in [-0.15, -0.1) is 0 Å². The number of nitrogens with two attached hydrogens (primary N) is 1.